The Balaban J connectivity index is 1.27. The minimum atomic E-state index is -5.51. The van der Waals surface area contributed by atoms with E-state index in [9.17, 15) is 45.5 Å². The lowest BCUT2D eigenvalue weighted by molar-refractivity contribution is -0.150. The second-order valence-corrected chi connectivity index (χ2v) is 14.8. The average Bonchev–Trinajstić information content (AvgIpc) is 3.71. The van der Waals surface area contributed by atoms with E-state index in [1.54, 1.807) is 6.92 Å². The first-order valence-corrected chi connectivity index (χ1v) is 16.4. The quantitative estimate of drug-likeness (QED) is 0.340. The van der Waals surface area contributed by atoms with Gasteiger partial charge in [-0.2, -0.15) is 17.5 Å². The minimum Gasteiger partial charge on any atom is -0.496 e. The first kappa shape index (κ1) is 33.2. The monoisotopic (exact) mass is 663 g/mol. The van der Waals surface area contributed by atoms with E-state index in [1.807, 2.05) is 0 Å². The number of sulfonamides is 1. The molecule has 1 saturated heterocycles. The number of fused-ring (bicyclic) bond motifs is 2. The highest BCUT2D eigenvalue weighted by Crippen LogP contribution is 2.49. The molecule has 0 spiro atoms. The number of carbonyl (C=O) groups excluding carboxylic acids is 2. The Hall–Kier alpha value is -3.14. The summed E-state index contributed by atoms with van der Waals surface area (Å²) < 4.78 is 89.0. The Labute approximate surface area is 258 Å². The minimum absolute atomic E-state index is 0.0188. The highest BCUT2D eigenvalue weighted by molar-refractivity contribution is 7.90. The van der Waals surface area contributed by atoms with E-state index < -0.39 is 75.2 Å². The lowest BCUT2D eigenvalue weighted by atomic mass is 9.75. The normalized spacial score (nSPS) is 31.9. The summed E-state index contributed by atoms with van der Waals surface area (Å²) in [6, 6.07) is 0.833. The van der Waals surface area contributed by atoms with Crippen molar-refractivity contribution >= 4 is 27.8 Å². The molecule has 11 nitrogen and oxygen atoms in total. The zero-order valence-electron chi connectivity index (χ0n) is 24.9. The maximum Gasteiger partial charge on any atom is 0.511 e. The van der Waals surface area contributed by atoms with Gasteiger partial charge in [0.15, 0.2) is 11.6 Å². The molecule has 250 valence electrons. The van der Waals surface area contributed by atoms with E-state index in [4.69, 9.17) is 9.47 Å². The van der Waals surface area contributed by atoms with Crippen LogP contribution < -0.4 is 20.1 Å². The number of halogens is 4. The van der Waals surface area contributed by atoms with Crippen LogP contribution in [-0.2, 0) is 19.6 Å². The molecule has 3 N–H and O–H groups in total. The summed E-state index contributed by atoms with van der Waals surface area (Å²) in [6.45, 7) is 0.779. The summed E-state index contributed by atoms with van der Waals surface area (Å²) in [6.07, 6.45) is 3.19. The van der Waals surface area contributed by atoms with Crippen LogP contribution in [0.2, 0.25) is 0 Å². The molecule has 2 amide bonds. The van der Waals surface area contributed by atoms with Crippen LogP contribution in [0.25, 0.3) is 0 Å². The van der Waals surface area contributed by atoms with Gasteiger partial charge in [-0.3, -0.25) is 14.4 Å². The van der Waals surface area contributed by atoms with Crippen LogP contribution >= 0.6 is 0 Å². The third-order valence-corrected chi connectivity index (χ3v) is 11.6. The number of carbonyl (C=O) groups is 3. The van der Waals surface area contributed by atoms with Crippen molar-refractivity contribution in [3.8, 4) is 11.5 Å². The SMILES string of the molecule is COc1cc(F)c(O[C@H]2CC[C@@](C)(C(=O)O)CC2)cc1C(=O)N[C@@H]1[C@H]2CC[C@H](C2)[C@@H]1C(=O)N[C@H]1CCN(S(=O)(=O)C(F)(F)F)C1. The Bertz CT molecular complexity index is 1450. The van der Waals surface area contributed by atoms with E-state index in [0.717, 1.165) is 18.9 Å². The Morgan fingerprint density at radius 1 is 1.02 bits per heavy atom. The molecule has 0 radical (unpaired) electrons. The maximum atomic E-state index is 15.0. The molecule has 1 aromatic carbocycles. The topological polar surface area (TPSA) is 151 Å². The summed E-state index contributed by atoms with van der Waals surface area (Å²) in [5.41, 5.74) is -6.34. The van der Waals surface area contributed by atoms with E-state index in [1.165, 1.54) is 13.2 Å². The van der Waals surface area contributed by atoms with Gasteiger partial charge in [-0.25, -0.2) is 12.8 Å². The fraction of sp³-hybridized carbons (Fsp3) is 0.690. The maximum absolute atomic E-state index is 15.0. The van der Waals surface area contributed by atoms with Crippen LogP contribution in [0, 0.1) is 29.0 Å². The van der Waals surface area contributed by atoms with E-state index in [2.05, 4.69) is 10.6 Å². The van der Waals surface area contributed by atoms with Crippen LogP contribution in [-0.4, -0.2) is 79.5 Å². The Morgan fingerprint density at radius 2 is 1.69 bits per heavy atom. The summed E-state index contributed by atoms with van der Waals surface area (Å²) in [5, 5.41) is 15.1. The van der Waals surface area contributed by atoms with Gasteiger partial charge in [-0.1, -0.05) is 0 Å². The zero-order valence-corrected chi connectivity index (χ0v) is 25.7. The molecule has 0 unspecified atom stereocenters. The number of nitrogens with one attached hydrogen (secondary N) is 2. The lowest BCUT2D eigenvalue weighted by Gasteiger charge is -2.34. The second kappa shape index (κ2) is 12.2. The van der Waals surface area contributed by atoms with Gasteiger partial charge in [0.25, 0.3) is 5.91 Å². The van der Waals surface area contributed by atoms with Gasteiger partial charge < -0.3 is 25.2 Å². The third kappa shape index (κ3) is 6.44. The molecule has 16 heteroatoms. The average molecular weight is 664 g/mol. The summed E-state index contributed by atoms with van der Waals surface area (Å²) in [5.74, 6) is -3.79. The van der Waals surface area contributed by atoms with Crippen LogP contribution in [0.15, 0.2) is 12.1 Å². The van der Waals surface area contributed by atoms with Crippen molar-refractivity contribution < 1.29 is 54.9 Å². The molecule has 45 heavy (non-hydrogen) atoms. The molecule has 1 aromatic rings. The van der Waals surface area contributed by atoms with E-state index in [0.29, 0.717) is 36.4 Å². The van der Waals surface area contributed by atoms with E-state index in [-0.39, 0.29) is 41.9 Å². The third-order valence-electron chi connectivity index (χ3n) is 9.99. The van der Waals surface area contributed by atoms with Gasteiger partial charge in [0.2, 0.25) is 5.91 Å². The van der Waals surface area contributed by atoms with Crippen molar-refractivity contribution in [3.63, 3.8) is 0 Å². The first-order chi connectivity index (χ1) is 21.0. The number of benzene rings is 1. The number of methoxy groups -OCH3 is 1. The molecule has 5 atom stereocenters. The number of aliphatic carboxylic acids is 1. The Morgan fingerprint density at radius 3 is 2.31 bits per heavy atom. The summed E-state index contributed by atoms with van der Waals surface area (Å²) in [4.78, 5) is 38.6. The molecule has 2 bridgehead atoms. The highest BCUT2D eigenvalue weighted by atomic mass is 32.2. The fourth-order valence-electron chi connectivity index (χ4n) is 7.33. The zero-order chi connectivity index (χ0) is 32.9. The molecular weight excluding hydrogens is 626 g/mol. The molecule has 4 aliphatic rings. The standard InChI is InChI=1S/C29H37F4N3O8S/c1-28(27(39)40)8-5-18(6-9-28)44-22-12-19(21(43-2)13-20(22)30)25(37)35-24-16-4-3-15(11-16)23(24)26(38)34-17-7-10-36(14-17)45(41,42)29(31,32)33/h12-13,15-18,23-24H,3-11,14H2,1-2H3,(H,34,38)(H,35,37)(H,39,40)/t15-,16+,17+,18-,23+,24-,28+/m1/s1. The van der Waals surface area contributed by atoms with Gasteiger partial charge in [0, 0.05) is 31.2 Å². The molecule has 4 fully saturated rings. The van der Waals surface area contributed by atoms with Gasteiger partial charge in [0.1, 0.15) is 5.75 Å². The van der Waals surface area contributed by atoms with Crippen molar-refractivity contribution in [2.45, 2.75) is 82.0 Å². The molecule has 0 aromatic heterocycles. The van der Waals surface area contributed by atoms with Gasteiger partial charge >= 0.3 is 21.5 Å². The van der Waals surface area contributed by atoms with Crippen molar-refractivity contribution in [1.29, 1.82) is 0 Å². The van der Waals surface area contributed by atoms with Crippen LogP contribution in [0.1, 0.15) is 68.6 Å². The number of hydrogen-bond acceptors (Lipinski definition) is 7. The number of hydrogen-bond donors (Lipinski definition) is 3. The van der Waals surface area contributed by atoms with Crippen LogP contribution in [0.4, 0.5) is 17.6 Å². The summed E-state index contributed by atoms with van der Waals surface area (Å²) in [7, 11) is -4.23. The smallest absolute Gasteiger partial charge is 0.496 e. The van der Waals surface area contributed by atoms with Crippen molar-refractivity contribution in [3.05, 3.63) is 23.5 Å². The van der Waals surface area contributed by atoms with Gasteiger partial charge in [0.05, 0.1) is 30.1 Å². The van der Waals surface area contributed by atoms with Gasteiger partial charge in [-0.15, -0.1) is 0 Å². The van der Waals surface area contributed by atoms with E-state index >= 15 is 0 Å². The molecule has 3 aliphatic carbocycles. The molecule has 1 aliphatic heterocycles. The fourth-order valence-corrected chi connectivity index (χ4v) is 8.34. The van der Waals surface area contributed by atoms with Crippen molar-refractivity contribution in [1.82, 2.24) is 14.9 Å². The lowest BCUT2D eigenvalue weighted by Crippen LogP contribution is -2.52. The number of alkyl halides is 3. The summed E-state index contributed by atoms with van der Waals surface area (Å²) >= 11 is 0. The van der Waals surface area contributed by atoms with Crippen LogP contribution in [0.5, 0.6) is 11.5 Å². The van der Waals surface area contributed by atoms with Crippen LogP contribution in [0.3, 0.4) is 0 Å². The highest BCUT2D eigenvalue weighted by Gasteiger charge is 2.54. The number of rotatable bonds is 9. The first-order valence-electron chi connectivity index (χ1n) is 15.0. The Kier molecular flexibility index (Phi) is 9.03. The number of amides is 2. The molecule has 3 saturated carbocycles. The van der Waals surface area contributed by atoms with Crippen molar-refractivity contribution in [2.75, 3.05) is 20.2 Å². The van der Waals surface area contributed by atoms with Crippen molar-refractivity contribution in [2.24, 2.45) is 23.2 Å². The second-order valence-electron chi connectivity index (χ2n) is 12.8. The molecular formula is C29H37F4N3O8S. The largest absolute Gasteiger partial charge is 0.511 e. The number of nitrogens with zero attached hydrogens (tertiary/aromatic N) is 1. The number of carboxylic acids is 1. The molecule has 5 rings (SSSR count). The predicted molar refractivity (Wildman–Crippen MR) is 150 cm³/mol. The molecule has 1 heterocycles. The predicted octanol–water partition coefficient (Wildman–Crippen LogP) is 3.43. The number of ether oxygens (including phenoxy) is 2. The van der Waals surface area contributed by atoms with Gasteiger partial charge in [-0.05, 0) is 76.2 Å². The number of carboxylic acid groups (broad SMARTS) is 1.